The lowest BCUT2D eigenvalue weighted by Gasteiger charge is -2.35. The van der Waals surface area contributed by atoms with E-state index < -0.39 is 11.3 Å². The van der Waals surface area contributed by atoms with E-state index in [0.29, 0.717) is 77.0 Å². The van der Waals surface area contributed by atoms with E-state index >= 15 is 9.18 Å². The molecule has 3 aliphatic rings. The van der Waals surface area contributed by atoms with Crippen LogP contribution in [0.2, 0.25) is 0 Å². The summed E-state index contributed by atoms with van der Waals surface area (Å²) in [5.41, 5.74) is 6.64. The number of ether oxygens (including phenoxy) is 1. The Balaban J connectivity index is 1.10. The van der Waals surface area contributed by atoms with Gasteiger partial charge in [0.25, 0.3) is 5.91 Å². The van der Waals surface area contributed by atoms with Crippen molar-refractivity contribution in [3.8, 4) is 17.2 Å². The average molecular weight is 867 g/mol. The van der Waals surface area contributed by atoms with Crippen LogP contribution in [0.4, 0.5) is 10.1 Å². The van der Waals surface area contributed by atoms with Crippen molar-refractivity contribution in [2.45, 2.75) is 90.8 Å². The number of hydrogen-bond acceptors (Lipinski definition) is 9. The Kier molecular flexibility index (Phi) is 9.59. The summed E-state index contributed by atoms with van der Waals surface area (Å²) in [5, 5.41) is 21.4. The van der Waals surface area contributed by atoms with Crippen LogP contribution in [0.25, 0.3) is 28.1 Å². The number of halogens is 1. The number of benzene rings is 3. The molecule has 0 unspecified atom stereocenters. The number of amides is 1. The molecule has 7 aromatic rings. The highest BCUT2D eigenvalue weighted by molar-refractivity contribution is 5.99. The molecule has 1 amide bonds. The van der Waals surface area contributed by atoms with Crippen LogP contribution in [-0.2, 0) is 23.2 Å². The molecule has 0 spiro atoms. The predicted molar refractivity (Wildman–Crippen MR) is 240 cm³/mol. The first kappa shape index (κ1) is 41.2. The van der Waals surface area contributed by atoms with E-state index in [1.54, 1.807) is 55.0 Å². The second-order valence-corrected chi connectivity index (χ2v) is 18.4. The van der Waals surface area contributed by atoms with E-state index in [9.17, 15) is 9.59 Å². The number of aryl methyl sites for hydroxylation is 2. The highest BCUT2D eigenvalue weighted by Gasteiger charge is 2.59. The monoisotopic (exact) mass is 866 g/mol. The highest BCUT2D eigenvalue weighted by atomic mass is 19.1. The predicted octanol–water partition coefficient (Wildman–Crippen LogP) is 7.20. The molecule has 16 heteroatoms. The molecule has 3 atom stereocenters. The van der Waals surface area contributed by atoms with E-state index in [1.165, 1.54) is 20.9 Å². The highest BCUT2D eigenvalue weighted by Crippen LogP contribution is 2.56. The maximum absolute atomic E-state index is 15.4. The van der Waals surface area contributed by atoms with Crippen LogP contribution in [-0.4, -0.2) is 76.4 Å². The van der Waals surface area contributed by atoms with Crippen LogP contribution in [0.15, 0.2) is 75.0 Å². The van der Waals surface area contributed by atoms with Crippen molar-refractivity contribution in [1.82, 2.24) is 38.5 Å². The number of rotatable bonds is 9. The third-order valence-electron chi connectivity index (χ3n) is 13.9. The molecule has 10 rings (SSSR count). The molecule has 0 radical (unpaired) electrons. The van der Waals surface area contributed by atoms with Crippen LogP contribution in [0, 0.1) is 37.9 Å². The summed E-state index contributed by atoms with van der Waals surface area (Å²) in [7, 11) is 1.79. The van der Waals surface area contributed by atoms with Crippen LogP contribution >= 0.6 is 0 Å². The first-order valence-electron chi connectivity index (χ1n) is 21.8. The normalized spacial score (nSPS) is 20.4. The lowest BCUT2D eigenvalue weighted by molar-refractivity contribution is -0.0592. The molecule has 3 aromatic carbocycles. The molecular weight excluding hydrogens is 816 g/mol. The van der Waals surface area contributed by atoms with Gasteiger partial charge in [-0.05, 0) is 130 Å². The zero-order valence-corrected chi connectivity index (χ0v) is 37.0. The SMILES string of the molecule is CNc1ccc(-n2ccn(-c3c4c(nn3-c3cc(C)c(F)c(C)c3)CCN(C(=O)c3cc5cc([C@H]6CCOC(C)(C)C6)ccc5n3[C@@]3(c5noc(=O)[nH]5)C[C@@H]3C)C4)c2=O)c(C)c1C=N. The van der Waals surface area contributed by atoms with Crippen molar-refractivity contribution < 1.29 is 18.4 Å². The van der Waals surface area contributed by atoms with Gasteiger partial charge in [0.05, 0.1) is 29.2 Å². The van der Waals surface area contributed by atoms with E-state index in [0.717, 1.165) is 40.7 Å². The molecule has 2 fully saturated rings. The van der Waals surface area contributed by atoms with E-state index in [-0.39, 0.29) is 41.4 Å². The van der Waals surface area contributed by atoms with Crippen molar-refractivity contribution in [3.63, 3.8) is 0 Å². The fraction of sp³-hybridized carbons (Fsp3) is 0.375. The minimum atomic E-state index is -0.826. The van der Waals surface area contributed by atoms with Crippen LogP contribution in [0.1, 0.15) is 101 Å². The first-order valence-corrected chi connectivity index (χ1v) is 21.8. The standard InChI is InChI=1S/C48H51FN10O5/c1-26-18-33(19-27(2)41(26)49)59-42(57-16-15-56(46(57)62)38-11-9-36(51-7)34(24-50)29(38)4)35-25-55(14-12-37(35)53-59)43(60)40-21-32-20-30(31-13-17-63-47(5,6)23-31)8-10-39(32)58(40)48(22-28(48)3)44-52-45(61)64-54-44/h8-11,15-16,18-21,24,28,31,50-51H,12-14,17,22-23,25H2,1-7H3,(H,52,54,61)/t28-,31-,48-/m0/s1. The number of H-pyrrole nitrogens is 1. The summed E-state index contributed by atoms with van der Waals surface area (Å²) in [4.78, 5) is 47.0. The molecule has 15 nitrogen and oxygen atoms in total. The first-order chi connectivity index (χ1) is 30.6. The average Bonchev–Trinajstić information content (AvgIpc) is 3.75. The number of aromatic amines is 1. The Hall–Kier alpha value is -6.81. The maximum atomic E-state index is 15.4. The third kappa shape index (κ3) is 6.40. The molecule has 64 heavy (non-hydrogen) atoms. The van der Waals surface area contributed by atoms with Gasteiger partial charge in [0, 0.05) is 72.9 Å². The van der Waals surface area contributed by atoms with E-state index in [4.69, 9.17) is 19.8 Å². The lowest BCUT2D eigenvalue weighted by atomic mass is 9.83. The van der Waals surface area contributed by atoms with Crippen molar-refractivity contribution in [1.29, 1.82) is 5.41 Å². The zero-order valence-electron chi connectivity index (χ0n) is 37.0. The molecule has 1 saturated carbocycles. The third-order valence-corrected chi connectivity index (χ3v) is 13.9. The van der Waals surface area contributed by atoms with Gasteiger partial charge in [-0.25, -0.2) is 18.7 Å². The van der Waals surface area contributed by atoms with Crippen LogP contribution < -0.4 is 16.8 Å². The van der Waals surface area contributed by atoms with Gasteiger partial charge in [-0.2, -0.15) is 5.10 Å². The summed E-state index contributed by atoms with van der Waals surface area (Å²) < 4.78 is 33.0. The van der Waals surface area contributed by atoms with Crippen molar-refractivity contribution >= 4 is 28.7 Å². The van der Waals surface area contributed by atoms with Gasteiger partial charge in [0.15, 0.2) is 5.82 Å². The van der Waals surface area contributed by atoms with E-state index in [2.05, 4.69) is 54.4 Å². The summed E-state index contributed by atoms with van der Waals surface area (Å²) in [6, 6.07) is 15.5. The molecule has 1 aliphatic carbocycles. The minimum absolute atomic E-state index is 0.0239. The molecule has 3 N–H and O–H groups in total. The van der Waals surface area contributed by atoms with Crippen molar-refractivity contribution in [2.75, 3.05) is 25.5 Å². The fourth-order valence-corrected chi connectivity index (χ4v) is 10.4. The molecule has 1 saturated heterocycles. The van der Waals surface area contributed by atoms with Gasteiger partial charge < -0.3 is 24.9 Å². The van der Waals surface area contributed by atoms with Crippen LogP contribution in [0.5, 0.6) is 0 Å². The molecule has 0 bridgehead atoms. The number of fused-ring (bicyclic) bond motifs is 2. The smallest absolute Gasteiger partial charge is 0.388 e. The van der Waals surface area contributed by atoms with Crippen LogP contribution in [0.3, 0.4) is 0 Å². The Morgan fingerprint density at radius 2 is 1.78 bits per heavy atom. The minimum Gasteiger partial charge on any atom is -0.388 e. The number of hydrogen-bond donors (Lipinski definition) is 3. The zero-order chi connectivity index (χ0) is 45.0. The summed E-state index contributed by atoms with van der Waals surface area (Å²) in [6.07, 6.45) is 7.43. The Labute approximate surface area is 367 Å². The summed E-state index contributed by atoms with van der Waals surface area (Å²) in [6.45, 7) is 12.7. The van der Waals surface area contributed by atoms with Gasteiger partial charge >= 0.3 is 11.4 Å². The van der Waals surface area contributed by atoms with Gasteiger partial charge in [-0.1, -0.05) is 18.1 Å². The van der Waals surface area contributed by atoms with Gasteiger partial charge in [0.1, 0.15) is 22.9 Å². The molecular formula is C48H51FN10O5. The Bertz CT molecular complexity index is 3160. The summed E-state index contributed by atoms with van der Waals surface area (Å²) in [5.74, 6) is -0.0857. The van der Waals surface area contributed by atoms with Crippen molar-refractivity contribution in [2.24, 2.45) is 5.92 Å². The molecule has 4 aromatic heterocycles. The van der Waals surface area contributed by atoms with Gasteiger partial charge in [-0.15, -0.1) is 0 Å². The number of carbonyl (C=O) groups is 1. The molecule has 330 valence electrons. The second kappa shape index (κ2) is 14.9. The maximum Gasteiger partial charge on any atom is 0.438 e. The number of anilines is 1. The van der Waals surface area contributed by atoms with Crippen molar-refractivity contribution in [3.05, 3.63) is 138 Å². The number of imidazole rings is 1. The molecule has 6 heterocycles. The quantitative estimate of drug-likeness (QED) is 0.128. The largest absolute Gasteiger partial charge is 0.438 e. The number of carbonyl (C=O) groups excluding carboxylic acids is 1. The number of aromatic nitrogens is 7. The number of nitrogens with zero attached hydrogens (tertiary/aromatic N) is 7. The Morgan fingerprint density at radius 3 is 2.45 bits per heavy atom. The second-order valence-electron chi connectivity index (χ2n) is 18.4. The summed E-state index contributed by atoms with van der Waals surface area (Å²) >= 11 is 0. The fourth-order valence-electron chi connectivity index (χ4n) is 10.4. The van der Waals surface area contributed by atoms with Gasteiger partial charge in [0.2, 0.25) is 0 Å². The van der Waals surface area contributed by atoms with E-state index in [1.807, 2.05) is 29.7 Å². The topological polar surface area (TPSA) is 174 Å². The lowest BCUT2D eigenvalue weighted by Crippen LogP contribution is -2.39. The van der Waals surface area contributed by atoms with Gasteiger partial charge in [-0.3, -0.25) is 23.4 Å². The molecule has 2 aliphatic heterocycles. The number of nitrogens with one attached hydrogen (secondary N) is 3. The Morgan fingerprint density at radius 1 is 1.03 bits per heavy atom.